The van der Waals surface area contributed by atoms with Crippen LogP contribution in [0.5, 0.6) is 0 Å². The second-order valence-electron chi connectivity index (χ2n) is 2.36. The highest BCUT2D eigenvalue weighted by Gasteiger charge is 2.00. The van der Waals surface area contributed by atoms with Crippen molar-refractivity contribution in [2.24, 2.45) is 10.2 Å². The maximum atomic E-state index is 10.7. The highest BCUT2D eigenvalue weighted by atomic mass is 16.2. The van der Waals surface area contributed by atoms with Gasteiger partial charge in [0.25, 0.3) is 0 Å². The second kappa shape index (κ2) is 5.22. The van der Waals surface area contributed by atoms with Gasteiger partial charge in [-0.2, -0.15) is 0 Å². The number of hydrogen-bond donors (Lipinski definition) is 2. The number of urea groups is 2. The number of hydrogen-bond acceptors (Lipinski definition) is 2. The van der Waals surface area contributed by atoms with Crippen LogP contribution in [0.4, 0.5) is 9.59 Å². The summed E-state index contributed by atoms with van der Waals surface area (Å²) in [4.78, 5) is 21.2. The molecule has 0 fully saturated rings. The van der Waals surface area contributed by atoms with Crippen molar-refractivity contribution in [2.75, 3.05) is 7.05 Å². The first-order valence-corrected chi connectivity index (χ1v) is 3.50. The highest BCUT2D eigenvalue weighted by Crippen LogP contribution is 1.83. The summed E-state index contributed by atoms with van der Waals surface area (Å²) in [7, 11) is 1.40. The van der Waals surface area contributed by atoms with Crippen molar-refractivity contribution in [3.63, 3.8) is 0 Å². The predicted molar refractivity (Wildman–Crippen MR) is 43.0 cm³/mol. The van der Waals surface area contributed by atoms with Crippen molar-refractivity contribution < 1.29 is 9.59 Å². The molecule has 0 aromatic heterocycles. The molecule has 0 heterocycles. The molecule has 0 aliphatic carbocycles. The number of carbonyl (C=O) groups excluding carboxylic acids is 2. The van der Waals surface area contributed by atoms with Crippen molar-refractivity contribution >= 4 is 12.1 Å². The van der Waals surface area contributed by atoms with Crippen molar-refractivity contribution in [1.29, 1.82) is 0 Å². The molecule has 12 heavy (non-hydrogen) atoms. The Morgan fingerprint density at radius 3 is 2.08 bits per heavy atom. The van der Waals surface area contributed by atoms with Crippen molar-refractivity contribution in [2.45, 2.75) is 19.9 Å². The molecule has 2 N–H and O–H groups in total. The maximum Gasteiger partial charge on any atom is 0.359 e. The zero-order chi connectivity index (χ0) is 9.56. The van der Waals surface area contributed by atoms with E-state index in [1.807, 2.05) is 0 Å². The van der Waals surface area contributed by atoms with E-state index in [0.717, 1.165) is 0 Å². The number of carbonyl (C=O) groups is 2. The largest absolute Gasteiger partial charge is 0.359 e. The molecule has 0 saturated heterocycles. The van der Waals surface area contributed by atoms with E-state index in [9.17, 15) is 9.59 Å². The first kappa shape index (κ1) is 10.5. The average Bonchev–Trinajstić information content (AvgIpc) is 1.99. The number of nitrogens with one attached hydrogen (secondary N) is 2. The van der Waals surface area contributed by atoms with Crippen molar-refractivity contribution in [3.8, 4) is 0 Å². The molecule has 6 heteroatoms. The van der Waals surface area contributed by atoms with Crippen molar-refractivity contribution in [1.82, 2.24) is 10.6 Å². The summed E-state index contributed by atoms with van der Waals surface area (Å²) < 4.78 is 0. The van der Waals surface area contributed by atoms with Gasteiger partial charge in [-0.25, -0.2) is 9.59 Å². The molecule has 0 unspecified atom stereocenters. The van der Waals surface area contributed by atoms with E-state index in [1.54, 1.807) is 13.8 Å². The lowest BCUT2D eigenvalue weighted by molar-refractivity contribution is 0.240. The molecule has 68 valence electrons. The Morgan fingerprint density at radius 1 is 1.17 bits per heavy atom. The molecule has 4 amide bonds. The van der Waals surface area contributed by atoms with Gasteiger partial charge in [0, 0.05) is 13.1 Å². The lowest BCUT2D eigenvalue weighted by atomic mass is 10.4. The molecule has 6 nitrogen and oxygen atoms in total. The monoisotopic (exact) mass is 172 g/mol. The van der Waals surface area contributed by atoms with Gasteiger partial charge in [0.05, 0.1) is 0 Å². The van der Waals surface area contributed by atoms with Crippen LogP contribution in [0.3, 0.4) is 0 Å². The molecular formula is C6H12N4O2. The lowest BCUT2D eigenvalue weighted by Crippen LogP contribution is -2.27. The van der Waals surface area contributed by atoms with Gasteiger partial charge in [0.2, 0.25) is 0 Å². The maximum absolute atomic E-state index is 10.7. The number of rotatable bonds is 1. The smallest absolute Gasteiger partial charge is 0.338 e. The summed E-state index contributed by atoms with van der Waals surface area (Å²) in [5, 5.41) is 10.8. The third-order valence-electron chi connectivity index (χ3n) is 0.858. The van der Waals surface area contributed by atoms with Gasteiger partial charge in [0.15, 0.2) is 0 Å². The predicted octanol–water partition coefficient (Wildman–Crippen LogP) is 0.896. The van der Waals surface area contributed by atoms with Crippen LogP contribution in [0.25, 0.3) is 0 Å². The topological polar surface area (TPSA) is 82.9 Å². The Kier molecular flexibility index (Phi) is 4.59. The molecule has 0 aliphatic heterocycles. The van der Waals surface area contributed by atoms with Crippen LogP contribution in [-0.2, 0) is 0 Å². The van der Waals surface area contributed by atoms with Crippen molar-refractivity contribution in [3.05, 3.63) is 0 Å². The summed E-state index contributed by atoms with van der Waals surface area (Å²) in [5.41, 5.74) is 0. The van der Waals surface area contributed by atoms with Gasteiger partial charge in [0.1, 0.15) is 0 Å². The molecule has 0 spiro atoms. The van der Waals surface area contributed by atoms with Crippen LogP contribution >= 0.6 is 0 Å². The van der Waals surface area contributed by atoms with Gasteiger partial charge >= 0.3 is 12.1 Å². The quantitative estimate of drug-likeness (QED) is 0.576. The standard InChI is InChI=1S/C6H12N4O2/c1-4(2)8-6(12)10-9-5(11)7-3/h4H,1-3H3,(H,7,11)(H,8,12). The van der Waals surface area contributed by atoms with Crippen LogP contribution in [0.15, 0.2) is 10.2 Å². The first-order chi connectivity index (χ1) is 5.56. The number of azo groups is 1. The van der Waals surface area contributed by atoms with Crippen LogP contribution in [-0.4, -0.2) is 25.2 Å². The molecule has 0 aliphatic rings. The van der Waals surface area contributed by atoms with Gasteiger partial charge in [-0.3, -0.25) is 0 Å². The summed E-state index contributed by atoms with van der Waals surface area (Å²) in [5.74, 6) is 0. The average molecular weight is 172 g/mol. The molecule has 0 radical (unpaired) electrons. The van der Waals surface area contributed by atoms with Crippen LogP contribution in [0.1, 0.15) is 13.8 Å². The van der Waals surface area contributed by atoms with Gasteiger partial charge in [-0.05, 0) is 13.8 Å². The number of nitrogens with zero attached hydrogens (tertiary/aromatic N) is 2. The summed E-state index contributed by atoms with van der Waals surface area (Å²) >= 11 is 0. The summed E-state index contributed by atoms with van der Waals surface area (Å²) in [6.07, 6.45) is 0. The Labute approximate surface area is 70.4 Å². The number of amides is 4. The Morgan fingerprint density at radius 2 is 1.67 bits per heavy atom. The summed E-state index contributed by atoms with van der Waals surface area (Å²) in [6.45, 7) is 3.57. The third-order valence-corrected chi connectivity index (χ3v) is 0.858. The lowest BCUT2D eigenvalue weighted by Gasteiger charge is -2.01. The minimum absolute atomic E-state index is 0.0128. The Bertz CT molecular complexity index is 200. The second-order valence-corrected chi connectivity index (χ2v) is 2.36. The van der Waals surface area contributed by atoms with Crippen LogP contribution < -0.4 is 10.6 Å². The minimum atomic E-state index is -0.645. The first-order valence-electron chi connectivity index (χ1n) is 3.50. The highest BCUT2D eigenvalue weighted by molar-refractivity contribution is 5.79. The normalized spacial score (nSPS) is 10.3. The molecular weight excluding hydrogens is 160 g/mol. The molecule has 0 aromatic carbocycles. The Balaban J connectivity index is 3.83. The fourth-order valence-electron chi connectivity index (χ4n) is 0.417. The van der Waals surface area contributed by atoms with Crippen LogP contribution in [0.2, 0.25) is 0 Å². The van der Waals surface area contributed by atoms with E-state index in [-0.39, 0.29) is 6.04 Å². The SMILES string of the molecule is CNC(=O)N=NC(=O)NC(C)C. The van der Waals surface area contributed by atoms with E-state index >= 15 is 0 Å². The fraction of sp³-hybridized carbons (Fsp3) is 0.667. The van der Waals surface area contributed by atoms with E-state index in [2.05, 4.69) is 20.9 Å². The van der Waals surface area contributed by atoms with Gasteiger partial charge in [-0.1, -0.05) is 10.2 Å². The molecule has 0 bridgehead atoms. The zero-order valence-corrected chi connectivity index (χ0v) is 7.29. The van der Waals surface area contributed by atoms with E-state index < -0.39 is 12.1 Å². The van der Waals surface area contributed by atoms with E-state index in [4.69, 9.17) is 0 Å². The van der Waals surface area contributed by atoms with Gasteiger partial charge in [-0.15, -0.1) is 0 Å². The van der Waals surface area contributed by atoms with E-state index in [1.165, 1.54) is 7.05 Å². The van der Waals surface area contributed by atoms with Gasteiger partial charge < -0.3 is 10.6 Å². The molecule has 0 saturated carbocycles. The van der Waals surface area contributed by atoms with E-state index in [0.29, 0.717) is 0 Å². The third kappa shape index (κ3) is 5.33. The molecule has 0 atom stereocenters. The summed E-state index contributed by atoms with van der Waals surface area (Å²) in [6, 6.07) is -1.27. The molecule has 0 rings (SSSR count). The fourth-order valence-corrected chi connectivity index (χ4v) is 0.417. The van der Waals surface area contributed by atoms with Crippen LogP contribution in [0, 0.1) is 0 Å². The Hall–Kier alpha value is -1.46. The minimum Gasteiger partial charge on any atom is -0.338 e. The molecule has 0 aromatic rings. The zero-order valence-electron chi connectivity index (χ0n) is 7.29.